The molecule has 1 aromatic heterocycles. The van der Waals surface area contributed by atoms with Gasteiger partial charge in [-0.2, -0.15) is 15.4 Å². The van der Waals surface area contributed by atoms with Crippen molar-refractivity contribution in [1.82, 2.24) is 15.4 Å². The lowest BCUT2D eigenvalue weighted by Gasteiger charge is -2.09. The highest BCUT2D eigenvalue weighted by atomic mass is 16.3. The van der Waals surface area contributed by atoms with Crippen LogP contribution >= 0.6 is 0 Å². The molecule has 0 fully saturated rings. The third-order valence-electron chi connectivity index (χ3n) is 2.45. The highest BCUT2D eigenvalue weighted by Gasteiger charge is 2.11. The van der Waals surface area contributed by atoms with Crippen molar-refractivity contribution in [3.05, 3.63) is 47.3 Å². The maximum Gasteiger partial charge on any atom is 0.111 e. The molecule has 2 N–H and O–H groups in total. The van der Waals surface area contributed by atoms with Crippen LogP contribution in [0.4, 0.5) is 0 Å². The zero-order valence-electron chi connectivity index (χ0n) is 8.51. The first-order valence-corrected chi connectivity index (χ1v) is 4.85. The summed E-state index contributed by atoms with van der Waals surface area (Å²) < 4.78 is 0. The van der Waals surface area contributed by atoms with Crippen molar-refractivity contribution >= 4 is 0 Å². The second kappa shape index (κ2) is 4.23. The maximum absolute atomic E-state index is 9.86. The molecule has 0 aliphatic rings. The molecule has 0 spiro atoms. The Morgan fingerprint density at radius 2 is 2.20 bits per heavy atom. The largest absolute Gasteiger partial charge is 0.386 e. The first-order valence-electron chi connectivity index (χ1n) is 4.85. The summed E-state index contributed by atoms with van der Waals surface area (Å²) in [4.78, 5) is 0. The number of rotatable bonds is 3. The third-order valence-corrected chi connectivity index (χ3v) is 2.45. The van der Waals surface area contributed by atoms with E-state index in [0.29, 0.717) is 12.1 Å². The Morgan fingerprint density at radius 1 is 1.40 bits per heavy atom. The van der Waals surface area contributed by atoms with E-state index in [2.05, 4.69) is 15.4 Å². The number of benzene rings is 1. The number of nitrogens with zero attached hydrogens (tertiary/aromatic N) is 2. The van der Waals surface area contributed by atoms with E-state index in [0.717, 1.165) is 5.56 Å². The quantitative estimate of drug-likeness (QED) is 0.792. The van der Waals surface area contributed by atoms with Gasteiger partial charge in [0.15, 0.2) is 0 Å². The van der Waals surface area contributed by atoms with Crippen LogP contribution < -0.4 is 0 Å². The van der Waals surface area contributed by atoms with Crippen molar-refractivity contribution in [2.24, 2.45) is 0 Å². The summed E-state index contributed by atoms with van der Waals surface area (Å²) in [5.74, 6) is 0. The summed E-state index contributed by atoms with van der Waals surface area (Å²) in [5, 5.41) is 19.9. The Kier molecular flexibility index (Phi) is 2.78. The molecule has 1 aromatic carbocycles. The molecule has 0 aliphatic carbocycles. The van der Waals surface area contributed by atoms with Crippen molar-refractivity contribution in [2.45, 2.75) is 19.4 Å². The van der Waals surface area contributed by atoms with Gasteiger partial charge >= 0.3 is 0 Å². The van der Waals surface area contributed by atoms with Crippen LogP contribution in [0.3, 0.4) is 0 Å². The predicted molar refractivity (Wildman–Crippen MR) is 56.2 cm³/mol. The summed E-state index contributed by atoms with van der Waals surface area (Å²) in [7, 11) is 0. The number of aromatic amines is 1. The van der Waals surface area contributed by atoms with E-state index >= 15 is 0 Å². The molecule has 1 unspecified atom stereocenters. The molecular formula is C11H13N3O. The molecule has 2 rings (SSSR count). The van der Waals surface area contributed by atoms with Gasteiger partial charge in [-0.1, -0.05) is 24.3 Å². The van der Waals surface area contributed by atoms with E-state index in [1.165, 1.54) is 5.56 Å². The molecule has 0 saturated carbocycles. The number of hydrogen-bond acceptors (Lipinski definition) is 3. The lowest BCUT2D eigenvalue weighted by Crippen LogP contribution is -2.03. The normalized spacial score (nSPS) is 12.7. The molecule has 0 radical (unpaired) electrons. The van der Waals surface area contributed by atoms with Crippen molar-refractivity contribution in [3.63, 3.8) is 0 Å². The first-order chi connectivity index (χ1) is 7.27. The topological polar surface area (TPSA) is 61.8 Å². The Labute approximate surface area is 88.0 Å². The molecular weight excluding hydrogens is 190 g/mol. The van der Waals surface area contributed by atoms with Crippen LogP contribution in [0.25, 0.3) is 0 Å². The SMILES string of the molecule is Cc1ccccc1CC(O)c1cn[nH]n1. The van der Waals surface area contributed by atoms with Gasteiger partial charge in [-0.05, 0) is 18.1 Å². The van der Waals surface area contributed by atoms with Gasteiger partial charge in [-0.25, -0.2) is 0 Å². The van der Waals surface area contributed by atoms with E-state index in [9.17, 15) is 5.11 Å². The fourth-order valence-electron chi connectivity index (χ4n) is 1.52. The molecule has 0 aliphatic heterocycles. The molecule has 15 heavy (non-hydrogen) atoms. The zero-order valence-corrected chi connectivity index (χ0v) is 8.51. The number of aliphatic hydroxyl groups excluding tert-OH is 1. The molecule has 1 atom stereocenters. The summed E-state index contributed by atoms with van der Waals surface area (Å²) in [5.41, 5.74) is 2.89. The average molecular weight is 203 g/mol. The van der Waals surface area contributed by atoms with Crippen molar-refractivity contribution < 1.29 is 5.11 Å². The van der Waals surface area contributed by atoms with Crippen LogP contribution in [0, 0.1) is 6.92 Å². The van der Waals surface area contributed by atoms with Gasteiger partial charge in [0.25, 0.3) is 0 Å². The predicted octanol–water partition coefficient (Wildman–Crippen LogP) is 1.39. The van der Waals surface area contributed by atoms with Crippen LogP contribution in [0.2, 0.25) is 0 Å². The van der Waals surface area contributed by atoms with Crippen LogP contribution in [0.5, 0.6) is 0 Å². The van der Waals surface area contributed by atoms with Crippen LogP contribution in [0.1, 0.15) is 22.9 Å². The van der Waals surface area contributed by atoms with E-state index in [1.807, 2.05) is 31.2 Å². The third kappa shape index (κ3) is 2.22. The van der Waals surface area contributed by atoms with Crippen molar-refractivity contribution in [3.8, 4) is 0 Å². The summed E-state index contributed by atoms with van der Waals surface area (Å²) in [6.07, 6.45) is 1.52. The van der Waals surface area contributed by atoms with Gasteiger partial charge in [0.1, 0.15) is 11.8 Å². The number of aryl methyl sites for hydroxylation is 1. The number of H-pyrrole nitrogens is 1. The van der Waals surface area contributed by atoms with Crippen LogP contribution in [0.15, 0.2) is 30.5 Å². The Hall–Kier alpha value is -1.68. The summed E-state index contributed by atoms with van der Waals surface area (Å²) in [6, 6.07) is 8.00. The first kappa shape index (κ1) is 9.86. The molecule has 0 amide bonds. The number of hydrogen-bond donors (Lipinski definition) is 2. The van der Waals surface area contributed by atoms with Gasteiger partial charge in [0, 0.05) is 6.42 Å². The van der Waals surface area contributed by atoms with Gasteiger partial charge in [0.05, 0.1) is 6.20 Å². The minimum absolute atomic E-state index is 0.569. The Bertz CT molecular complexity index is 425. The van der Waals surface area contributed by atoms with Crippen molar-refractivity contribution in [1.29, 1.82) is 0 Å². The molecule has 0 saturated heterocycles. The fraction of sp³-hybridized carbons (Fsp3) is 0.273. The standard InChI is InChI=1S/C11H13N3O/c1-8-4-2-3-5-9(8)6-11(15)10-7-12-14-13-10/h2-5,7,11,15H,6H2,1H3,(H,12,13,14). The highest BCUT2D eigenvalue weighted by molar-refractivity contribution is 5.26. The number of aromatic nitrogens is 3. The molecule has 0 bridgehead atoms. The minimum Gasteiger partial charge on any atom is -0.386 e. The van der Waals surface area contributed by atoms with Crippen molar-refractivity contribution in [2.75, 3.05) is 0 Å². The molecule has 4 nitrogen and oxygen atoms in total. The van der Waals surface area contributed by atoms with Gasteiger partial charge in [-0.15, -0.1) is 0 Å². The highest BCUT2D eigenvalue weighted by Crippen LogP contribution is 2.17. The van der Waals surface area contributed by atoms with Gasteiger partial charge in [0.2, 0.25) is 0 Å². The minimum atomic E-state index is -0.593. The van der Waals surface area contributed by atoms with E-state index in [4.69, 9.17) is 0 Å². The Morgan fingerprint density at radius 3 is 2.87 bits per heavy atom. The summed E-state index contributed by atoms with van der Waals surface area (Å²) >= 11 is 0. The Balaban J connectivity index is 2.13. The average Bonchev–Trinajstić information content (AvgIpc) is 2.74. The van der Waals surface area contributed by atoms with Gasteiger partial charge < -0.3 is 5.11 Å². The smallest absolute Gasteiger partial charge is 0.111 e. The second-order valence-electron chi connectivity index (χ2n) is 3.54. The van der Waals surface area contributed by atoms with E-state index in [1.54, 1.807) is 6.20 Å². The maximum atomic E-state index is 9.86. The van der Waals surface area contributed by atoms with Crippen LogP contribution in [-0.2, 0) is 6.42 Å². The van der Waals surface area contributed by atoms with Crippen LogP contribution in [-0.4, -0.2) is 20.5 Å². The van der Waals surface area contributed by atoms with E-state index < -0.39 is 6.10 Å². The number of aliphatic hydroxyl groups is 1. The molecule has 1 heterocycles. The second-order valence-corrected chi connectivity index (χ2v) is 3.54. The molecule has 2 aromatic rings. The van der Waals surface area contributed by atoms with E-state index in [-0.39, 0.29) is 0 Å². The monoisotopic (exact) mass is 203 g/mol. The molecule has 78 valence electrons. The van der Waals surface area contributed by atoms with Gasteiger partial charge in [-0.3, -0.25) is 0 Å². The zero-order chi connectivity index (χ0) is 10.7. The lowest BCUT2D eigenvalue weighted by molar-refractivity contribution is 0.173. The number of nitrogens with one attached hydrogen (secondary N) is 1. The fourth-order valence-corrected chi connectivity index (χ4v) is 1.52. The molecule has 4 heteroatoms. The summed E-state index contributed by atoms with van der Waals surface area (Å²) in [6.45, 7) is 2.03. The lowest BCUT2D eigenvalue weighted by atomic mass is 10.0.